The van der Waals surface area contributed by atoms with Gasteiger partial charge in [-0.15, -0.1) is 0 Å². The van der Waals surface area contributed by atoms with Gasteiger partial charge in [0.25, 0.3) is 5.91 Å². The highest BCUT2D eigenvalue weighted by Gasteiger charge is 2.13. The van der Waals surface area contributed by atoms with Crippen LogP contribution < -0.4 is 5.32 Å². The number of carbonyl (C=O) groups excluding carboxylic acids is 1. The van der Waals surface area contributed by atoms with Crippen LogP contribution in [0.5, 0.6) is 0 Å². The Morgan fingerprint density at radius 2 is 2.05 bits per heavy atom. The summed E-state index contributed by atoms with van der Waals surface area (Å²) in [6, 6.07) is 3.97. The summed E-state index contributed by atoms with van der Waals surface area (Å²) < 4.78 is 27.1. The molecule has 0 aliphatic carbocycles. The van der Waals surface area contributed by atoms with Crippen LogP contribution in [0.1, 0.15) is 15.9 Å². The molecule has 0 bridgehead atoms. The van der Waals surface area contributed by atoms with Gasteiger partial charge >= 0.3 is 0 Å². The van der Waals surface area contributed by atoms with Gasteiger partial charge in [0.15, 0.2) is 5.82 Å². The highest BCUT2D eigenvalue weighted by atomic mass is 79.9. The molecule has 0 saturated carbocycles. The lowest BCUT2D eigenvalue weighted by atomic mass is 10.1. The summed E-state index contributed by atoms with van der Waals surface area (Å²) in [6.45, 7) is 1.71. The summed E-state index contributed by atoms with van der Waals surface area (Å²) in [5.41, 5.74) is 0.815. The lowest BCUT2D eigenvalue weighted by molar-refractivity contribution is 0.102. The van der Waals surface area contributed by atoms with E-state index in [0.29, 0.717) is 15.7 Å². The minimum absolute atomic E-state index is 0.141. The summed E-state index contributed by atoms with van der Waals surface area (Å²) in [7, 11) is 0. The summed E-state index contributed by atoms with van der Waals surface area (Å²) in [5.74, 6) is -1.88. The predicted octanol–water partition coefficient (Wildman–Crippen LogP) is 3.68. The normalized spacial score (nSPS) is 10.3. The molecule has 0 unspecified atom stereocenters. The van der Waals surface area contributed by atoms with Crippen molar-refractivity contribution >= 4 is 27.5 Å². The number of nitrogens with one attached hydrogen (secondary N) is 1. The first kappa shape index (κ1) is 13.6. The topological polar surface area (TPSA) is 42.0 Å². The van der Waals surface area contributed by atoms with Gasteiger partial charge in [0.05, 0.1) is 16.2 Å². The van der Waals surface area contributed by atoms with Crippen LogP contribution >= 0.6 is 15.9 Å². The third kappa shape index (κ3) is 2.96. The SMILES string of the molecule is Cc1cc(Br)c(F)cc1NC(=O)c1ccncc1F. The molecule has 98 valence electrons. The number of carbonyl (C=O) groups is 1. The minimum Gasteiger partial charge on any atom is -0.322 e. The van der Waals surface area contributed by atoms with Gasteiger partial charge in [-0.1, -0.05) is 0 Å². The lowest BCUT2D eigenvalue weighted by Gasteiger charge is -2.09. The quantitative estimate of drug-likeness (QED) is 0.914. The van der Waals surface area contributed by atoms with Gasteiger partial charge in [0.2, 0.25) is 0 Å². The molecule has 2 rings (SSSR count). The van der Waals surface area contributed by atoms with Crippen molar-refractivity contribution in [1.29, 1.82) is 0 Å². The fourth-order valence-electron chi connectivity index (χ4n) is 1.53. The first-order valence-electron chi connectivity index (χ1n) is 5.35. The van der Waals surface area contributed by atoms with Crippen LogP contribution in [-0.2, 0) is 0 Å². The third-order valence-corrected chi connectivity index (χ3v) is 3.14. The third-order valence-electron chi connectivity index (χ3n) is 2.53. The second kappa shape index (κ2) is 5.44. The summed E-state index contributed by atoms with van der Waals surface area (Å²) in [4.78, 5) is 15.4. The van der Waals surface area contributed by atoms with Crippen molar-refractivity contribution in [2.24, 2.45) is 0 Å². The van der Waals surface area contributed by atoms with Crippen LogP contribution in [-0.4, -0.2) is 10.9 Å². The van der Waals surface area contributed by atoms with E-state index in [-0.39, 0.29) is 5.56 Å². The number of rotatable bonds is 2. The van der Waals surface area contributed by atoms with Gasteiger partial charge < -0.3 is 5.32 Å². The zero-order valence-electron chi connectivity index (χ0n) is 9.88. The molecule has 0 atom stereocenters. The van der Waals surface area contributed by atoms with E-state index in [2.05, 4.69) is 26.2 Å². The van der Waals surface area contributed by atoms with Crippen LogP contribution in [0, 0.1) is 18.6 Å². The lowest BCUT2D eigenvalue weighted by Crippen LogP contribution is -2.15. The zero-order valence-corrected chi connectivity index (χ0v) is 11.5. The molecule has 0 saturated heterocycles. The molecule has 1 N–H and O–H groups in total. The number of aryl methyl sites for hydroxylation is 1. The first-order valence-corrected chi connectivity index (χ1v) is 6.15. The molecule has 1 heterocycles. The summed E-state index contributed by atoms with van der Waals surface area (Å²) in [5, 5.41) is 2.47. The monoisotopic (exact) mass is 326 g/mol. The number of hydrogen-bond donors (Lipinski definition) is 1. The van der Waals surface area contributed by atoms with Crippen LogP contribution in [0.3, 0.4) is 0 Å². The molecule has 2 aromatic rings. The van der Waals surface area contributed by atoms with Crippen molar-refractivity contribution < 1.29 is 13.6 Å². The molecule has 1 amide bonds. The Kier molecular flexibility index (Phi) is 3.90. The van der Waals surface area contributed by atoms with E-state index in [1.54, 1.807) is 6.92 Å². The van der Waals surface area contributed by atoms with Crippen LogP contribution in [0.15, 0.2) is 35.1 Å². The number of pyridine rings is 1. The number of amides is 1. The van der Waals surface area contributed by atoms with E-state index in [1.165, 1.54) is 24.4 Å². The van der Waals surface area contributed by atoms with Crippen molar-refractivity contribution in [3.05, 3.63) is 57.8 Å². The molecule has 1 aromatic carbocycles. The molecule has 19 heavy (non-hydrogen) atoms. The van der Waals surface area contributed by atoms with Gasteiger partial charge in [-0.2, -0.15) is 0 Å². The highest BCUT2D eigenvalue weighted by molar-refractivity contribution is 9.10. The maximum absolute atomic E-state index is 13.4. The Labute approximate surface area is 116 Å². The fourth-order valence-corrected chi connectivity index (χ4v) is 1.99. The molecule has 0 radical (unpaired) electrons. The average Bonchev–Trinajstić information content (AvgIpc) is 2.36. The Balaban J connectivity index is 2.30. The standard InChI is InChI=1S/C13H9BrF2N2O/c1-7-4-9(14)10(15)5-12(7)18-13(19)8-2-3-17-6-11(8)16/h2-6H,1H3,(H,18,19). The number of benzene rings is 1. The second-order valence-electron chi connectivity index (χ2n) is 3.89. The predicted molar refractivity (Wildman–Crippen MR) is 71.0 cm³/mol. The molecular weight excluding hydrogens is 318 g/mol. The van der Waals surface area contributed by atoms with E-state index in [0.717, 1.165) is 6.20 Å². The van der Waals surface area contributed by atoms with Gasteiger partial charge in [-0.25, -0.2) is 8.78 Å². The molecule has 6 heteroatoms. The van der Waals surface area contributed by atoms with Gasteiger partial charge in [0, 0.05) is 11.9 Å². The summed E-state index contributed by atoms with van der Waals surface area (Å²) in [6.07, 6.45) is 2.26. The molecular formula is C13H9BrF2N2O. The van der Waals surface area contributed by atoms with Crippen molar-refractivity contribution in [3.63, 3.8) is 0 Å². The smallest absolute Gasteiger partial charge is 0.258 e. The van der Waals surface area contributed by atoms with Gasteiger partial charge in [-0.05, 0) is 46.6 Å². The van der Waals surface area contributed by atoms with Crippen molar-refractivity contribution in [1.82, 2.24) is 4.98 Å². The molecule has 1 aromatic heterocycles. The highest BCUT2D eigenvalue weighted by Crippen LogP contribution is 2.24. The fraction of sp³-hybridized carbons (Fsp3) is 0.0769. The van der Waals surface area contributed by atoms with Crippen LogP contribution in [0.4, 0.5) is 14.5 Å². The maximum Gasteiger partial charge on any atom is 0.258 e. The Bertz CT molecular complexity index is 647. The average molecular weight is 327 g/mol. The van der Waals surface area contributed by atoms with E-state index >= 15 is 0 Å². The number of hydrogen-bond acceptors (Lipinski definition) is 2. The van der Waals surface area contributed by atoms with Gasteiger partial charge in [0.1, 0.15) is 5.82 Å². The number of aromatic nitrogens is 1. The van der Waals surface area contributed by atoms with Crippen LogP contribution in [0.2, 0.25) is 0 Å². The van der Waals surface area contributed by atoms with E-state index < -0.39 is 17.5 Å². The second-order valence-corrected chi connectivity index (χ2v) is 4.75. The largest absolute Gasteiger partial charge is 0.322 e. The molecule has 3 nitrogen and oxygen atoms in total. The Morgan fingerprint density at radius 1 is 1.32 bits per heavy atom. The van der Waals surface area contributed by atoms with Gasteiger partial charge in [-0.3, -0.25) is 9.78 Å². The maximum atomic E-state index is 13.4. The summed E-state index contributed by atoms with van der Waals surface area (Å²) >= 11 is 3.05. The number of anilines is 1. The zero-order chi connectivity index (χ0) is 14.0. The van der Waals surface area contributed by atoms with Crippen molar-refractivity contribution in [2.75, 3.05) is 5.32 Å². The molecule has 0 fully saturated rings. The Hall–Kier alpha value is -1.82. The first-order chi connectivity index (χ1) is 8.99. The molecule has 0 aliphatic rings. The van der Waals surface area contributed by atoms with Crippen molar-refractivity contribution in [3.8, 4) is 0 Å². The van der Waals surface area contributed by atoms with Crippen molar-refractivity contribution in [2.45, 2.75) is 6.92 Å². The van der Waals surface area contributed by atoms with E-state index in [1.807, 2.05) is 0 Å². The van der Waals surface area contributed by atoms with E-state index in [4.69, 9.17) is 0 Å². The molecule has 0 aliphatic heterocycles. The Morgan fingerprint density at radius 3 is 2.74 bits per heavy atom. The van der Waals surface area contributed by atoms with E-state index in [9.17, 15) is 13.6 Å². The molecule has 0 spiro atoms. The van der Waals surface area contributed by atoms with Crippen LogP contribution in [0.25, 0.3) is 0 Å². The number of nitrogens with zero attached hydrogens (tertiary/aromatic N) is 1. The number of halogens is 3. The minimum atomic E-state index is -0.727.